The van der Waals surface area contributed by atoms with Crippen molar-refractivity contribution < 1.29 is 33.8 Å². The van der Waals surface area contributed by atoms with Gasteiger partial charge < -0.3 is 36.3 Å². The van der Waals surface area contributed by atoms with Gasteiger partial charge in [-0.25, -0.2) is 0 Å². The highest BCUT2D eigenvalue weighted by atomic mass is 16.6. The summed E-state index contributed by atoms with van der Waals surface area (Å²) in [6.45, 7) is 7.87. The van der Waals surface area contributed by atoms with Crippen molar-refractivity contribution in [3.63, 3.8) is 0 Å². The summed E-state index contributed by atoms with van der Waals surface area (Å²) < 4.78 is 10.6. The van der Waals surface area contributed by atoms with Crippen molar-refractivity contribution in [2.24, 2.45) is 11.7 Å². The Labute approximate surface area is 216 Å². The zero-order chi connectivity index (χ0) is 26.9. The maximum Gasteiger partial charge on any atom is 0.253 e. The first-order valence-electron chi connectivity index (χ1n) is 12.5. The smallest absolute Gasteiger partial charge is 0.253 e. The molecule has 2 fully saturated rings. The van der Waals surface area contributed by atoms with Crippen molar-refractivity contribution in [1.82, 2.24) is 20.9 Å². The molecule has 1 aromatic carbocycles. The van der Waals surface area contributed by atoms with E-state index >= 15 is 0 Å². The Morgan fingerprint density at radius 2 is 1.68 bits per heavy atom. The summed E-state index contributed by atoms with van der Waals surface area (Å²) in [5.41, 5.74) is 6.19. The first-order chi connectivity index (χ1) is 17.6. The predicted octanol–water partition coefficient (Wildman–Crippen LogP) is -1.35. The lowest BCUT2D eigenvalue weighted by Gasteiger charge is -2.26. The van der Waals surface area contributed by atoms with E-state index in [1.165, 1.54) is 12.1 Å². The van der Waals surface area contributed by atoms with E-state index in [2.05, 4.69) is 20.9 Å². The lowest BCUT2D eigenvalue weighted by molar-refractivity contribution is -0.132. The van der Waals surface area contributed by atoms with Crippen molar-refractivity contribution >= 4 is 23.6 Å². The van der Waals surface area contributed by atoms with Gasteiger partial charge in [0.25, 0.3) is 11.8 Å². The number of nitrogens with zero attached hydrogens (tertiary/aromatic N) is 1. The van der Waals surface area contributed by atoms with Crippen molar-refractivity contribution in [3.05, 3.63) is 29.8 Å². The van der Waals surface area contributed by atoms with Crippen LogP contribution >= 0.6 is 0 Å². The third-order valence-corrected chi connectivity index (χ3v) is 6.22. The molecule has 4 atom stereocenters. The highest BCUT2D eigenvalue weighted by molar-refractivity contribution is 5.97. The summed E-state index contributed by atoms with van der Waals surface area (Å²) in [6.07, 6.45) is -1.44. The van der Waals surface area contributed by atoms with Gasteiger partial charge in [-0.15, -0.1) is 0 Å². The molecule has 0 saturated carbocycles. The Morgan fingerprint density at radius 3 is 2.30 bits per heavy atom. The topological polar surface area (TPSA) is 176 Å². The number of amides is 4. The fourth-order valence-electron chi connectivity index (χ4n) is 4.09. The Kier molecular flexibility index (Phi) is 10.2. The Hall–Kier alpha value is -3.22. The van der Waals surface area contributed by atoms with E-state index in [9.17, 15) is 24.3 Å². The number of epoxide rings is 1. The normalized spacial score (nSPS) is 21.1. The number of nitrogens with one attached hydrogen (secondary N) is 3. The molecule has 37 heavy (non-hydrogen) atoms. The highest BCUT2D eigenvalue weighted by Gasteiger charge is 2.51. The second-order valence-electron chi connectivity index (χ2n) is 9.75. The zero-order valence-corrected chi connectivity index (χ0v) is 21.3. The van der Waals surface area contributed by atoms with E-state index < -0.39 is 42.0 Å². The zero-order valence-electron chi connectivity index (χ0n) is 21.3. The van der Waals surface area contributed by atoms with Gasteiger partial charge in [0.15, 0.2) is 12.2 Å². The summed E-state index contributed by atoms with van der Waals surface area (Å²) in [5, 5.41) is 17.5. The van der Waals surface area contributed by atoms with Gasteiger partial charge in [-0.3, -0.25) is 24.1 Å². The molecule has 6 N–H and O–H groups in total. The molecule has 2 heterocycles. The second kappa shape index (κ2) is 13.4. The molecule has 0 spiro atoms. The number of phenolic OH excluding ortho intramolecular Hbond substituents is 1. The third-order valence-electron chi connectivity index (χ3n) is 6.22. The van der Waals surface area contributed by atoms with E-state index in [0.717, 1.165) is 13.1 Å². The number of hydrogen-bond donors (Lipinski definition) is 5. The van der Waals surface area contributed by atoms with Gasteiger partial charge in [-0.1, -0.05) is 26.0 Å². The summed E-state index contributed by atoms with van der Waals surface area (Å²) in [4.78, 5) is 52.3. The number of nitrogens with two attached hydrogens (primary N) is 1. The van der Waals surface area contributed by atoms with Gasteiger partial charge >= 0.3 is 0 Å². The van der Waals surface area contributed by atoms with E-state index in [1.54, 1.807) is 12.1 Å². The van der Waals surface area contributed by atoms with E-state index in [4.69, 9.17) is 15.2 Å². The van der Waals surface area contributed by atoms with Crippen LogP contribution in [-0.4, -0.2) is 97.3 Å². The van der Waals surface area contributed by atoms with Crippen molar-refractivity contribution in [1.29, 1.82) is 0 Å². The van der Waals surface area contributed by atoms with Gasteiger partial charge in [0.2, 0.25) is 11.8 Å². The molecule has 12 heteroatoms. The first kappa shape index (κ1) is 28.4. The van der Waals surface area contributed by atoms with Crippen molar-refractivity contribution in [2.45, 2.75) is 51.0 Å². The van der Waals surface area contributed by atoms with Crippen LogP contribution in [0.25, 0.3) is 0 Å². The summed E-state index contributed by atoms with van der Waals surface area (Å²) >= 11 is 0. The van der Waals surface area contributed by atoms with Crippen LogP contribution in [-0.2, 0) is 35.1 Å². The predicted molar refractivity (Wildman–Crippen MR) is 133 cm³/mol. The molecule has 0 bridgehead atoms. The van der Waals surface area contributed by atoms with Gasteiger partial charge in [-0.2, -0.15) is 0 Å². The van der Waals surface area contributed by atoms with Crippen LogP contribution in [0.1, 0.15) is 25.8 Å². The van der Waals surface area contributed by atoms with Crippen molar-refractivity contribution in [3.8, 4) is 5.75 Å². The number of rotatable bonds is 13. The minimum Gasteiger partial charge on any atom is -0.508 e. The number of hydrogen-bond acceptors (Lipinski definition) is 8. The van der Waals surface area contributed by atoms with Crippen molar-refractivity contribution in [2.75, 3.05) is 39.4 Å². The van der Waals surface area contributed by atoms with Crippen LogP contribution in [0, 0.1) is 5.92 Å². The van der Waals surface area contributed by atoms with Gasteiger partial charge in [0.1, 0.15) is 17.8 Å². The Balaban J connectivity index is 1.50. The molecule has 2 aliphatic heterocycles. The minimum atomic E-state index is -1.01. The van der Waals surface area contributed by atoms with Crippen LogP contribution in [0.4, 0.5) is 0 Å². The van der Waals surface area contributed by atoms with Crippen LogP contribution in [0.15, 0.2) is 24.3 Å². The molecule has 2 aliphatic rings. The van der Waals surface area contributed by atoms with Gasteiger partial charge in [0.05, 0.1) is 13.2 Å². The first-order valence-corrected chi connectivity index (χ1v) is 12.5. The van der Waals surface area contributed by atoms with Crippen LogP contribution < -0.4 is 21.7 Å². The Morgan fingerprint density at radius 1 is 1.03 bits per heavy atom. The average Bonchev–Trinajstić information content (AvgIpc) is 3.66. The fraction of sp³-hybridized carbons (Fsp3) is 0.600. The minimum absolute atomic E-state index is 0.0552. The summed E-state index contributed by atoms with van der Waals surface area (Å²) in [6, 6.07) is 4.25. The summed E-state index contributed by atoms with van der Waals surface area (Å²) in [5.74, 6) is -2.09. The standard InChI is InChI=1S/C25H37N5O7/c1-15(2)13-19(23(33)28-18(22(26)32)14-16-3-5-17(31)6-4-16)29-25(35)21-20(37-21)24(34)27-7-8-30-9-11-36-12-10-30/h3-6,15,18-21,31H,7-14H2,1-2H3,(H2,26,32)(H,27,34)(H,28,33)(H,29,35)/t18?,19-,20?,21?/m0/s1. The Bertz CT molecular complexity index is 949. The number of morpholine rings is 1. The van der Waals surface area contributed by atoms with E-state index in [0.29, 0.717) is 38.3 Å². The lowest BCUT2D eigenvalue weighted by atomic mass is 10.0. The monoisotopic (exact) mass is 519 g/mol. The molecule has 3 unspecified atom stereocenters. The maximum atomic E-state index is 13.0. The molecule has 1 aromatic rings. The van der Waals surface area contributed by atoms with Crippen LogP contribution in [0.5, 0.6) is 5.75 Å². The lowest BCUT2D eigenvalue weighted by Crippen LogP contribution is -2.54. The molecule has 3 rings (SSSR count). The molecule has 0 aliphatic carbocycles. The third kappa shape index (κ3) is 8.99. The molecule has 204 valence electrons. The highest BCUT2D eigenvalue weighted by Crippen LogP contribution is 2.23. The molecule has 2 saturated heterocycles. The van der Waals surface area contributed by atoms with E-state index in [-0.39, 0.29) is 24.0 Å². The number of aromatic hydroxyl groups is 1. The molecule has 0 radical (unpaired) electrons. The SMILES string of the molecule is CC(C)C[C@H](NC(=O)C1OC1C(=O)NCCN1CCOCC1)C(=O)NC(Cc1ccc(O)cc1)C(N)=O. The molecule has 4 amide bonds. The fourth-order valence-corrected chi connectivity index (χ4v) is 4.09. The average molecular weight is 520 g/mol. The number of carbonyl (C=O) groups is 4. The number of phenols is 1. The number of ether oxygens (including phenoxy) is 2. The number of carbonyl (C=O) groups excluding carboxylic acids is 4. The van der Waals surface area contributed by atoms with Gasteiger partial charge in [0, 0.05) is 32.6 Å². The quantitative estimate of drug-likeness (QED) is 0.199. The number of benzene rings is 1. The van der Waals surface area contributed by atoms with E-state index in [1.807, 2.05) is 13.8 Å². The van der Waals surface area contributed by atoms with Gasteiger partial charge in [-0.05, 0) is 30.0 Å². The summed E-state index contributed by atoms with van der Waals surface area (Å²) in [7, 11) is 0. The van der Waals surface area contributed by atoms with Crippen LogP contribution in [0.3, 0.4) is 0 Å². The second-order valence-corrected chi connectivity index (χ2v) is 9.75. The molecule has 0 aromatic heterocycles. The molecule has 12 nitrogen and oxygen atoms in total. The maximum absolute atomic E-state index is 13.0. The van der Waals surface area contributed by atoms with Crippen LogP contribution in [0.2, 0.25) is 0 Å². The largest absolute Gasteiger partial charge is 0.508 e. The number of primary amides is 1. The molecular formula is C25H37N5O7. The molecular weight excluding hydrogens is 482 g/mol.